The predicted octanol–water partition coefficient (Wildman–Crippen LogP) is 3.53. The monoisotopic (exact) mass is 455 g/mol. The van der Waals surface area contributed by atoms with Crippen LogP contribution in [0.4, 0.5) is 5.69 Å². The lowest BCUT2D eigenvalue weighted by Crippen LogP contribution is -2.28. The van der Waals surface area contributed by atoms with Crippen LogP contribution in [0.3, 0.4) is 0 Å². The molecule has 1 aliphatic carbocycles. The normalized spacial score (nSPS) is 15.1. The van der Waals surface area contributed by atoms with E-state index in [2.05, 4.69) is 20.7 Å². The van der Waals surface area contributed by atoms with Crippen LogP contribution in [0.25, 0.3) is 11.0 Å². The van der Waals surface area contributed by atoms with Crippen LogP contribution in [0, 0.1) is 0 Å². The van der Waals surface area contributed by atoms with Crippen LogP contribution in [0.2, 0.25) is 0 Å². The van der Waals surface area contributed by atoms with Crippen LogP contribution in [-0.2, 0) is 22.9 Å². The number of nitrogens with one attached hydrogen (secondary N) is 2. The number of aromatic nitrogens is 3. The van der Waals surface area contributed by atoms with Crippen molar-refractivity contribution in [1.82, 2.24) is 20.1 Å². The molecule has 0 saturated heterocycles. The lowest BCUT2D eigenvalue weighted by molar-refractivity contribution is 0.0951. The van der Waals surface area contributed by atoms with Crippen molar-refractivity contribution in [3.05, 3.63) is 47.8 Å². The van der Waals surface area contributed by atoms with E-state index >= 15 is 0 Å². The lowest BCUT2D eigenvalue weighted by atomic mass is 9.95. The van der Waals surface area contributed by atoms with Gasteiger partial charge >= 0.3 is 0 Å². The molecule has 3 aromatic rings. The molecule has 2 aromatic heterocycles. The van der Waals surface area contributed by atoms with Gasteiger partial charge in [-0.05, 0) is 31.4 Å². The molecule has 0 unspecified atom stereocenters. The van der Waals surface area contributed by atoms with Gasteiger partial charge in [0, 0.05) is 31.6 Å². The molecular weight excluding hydrogens is 426 g/mol. The molecule has 170 valence electrons. The number of fused-ring (bicyclic) bond motifs is 1. The molecule has 1 amide bonds. The molecular formula is C23H29N5O3S. The van der Waals surface area contributed by atoms with Crippen LogP contribution in [0.15, 0.2) is 41.6 Å². The summed E-state index contributed by atoms with van der Waals surface area (Å²) in [6.45, 7) is 2.80. The van der Waals surface area contributed by atoms with Crippen molar-refractivity contribution in [2.75, 3.05) is 11.6 Å². The van der Waals surface area contributed by atoms with Crippen LogP contribution < -0.4 is 10.6 Å². The topological polar surface area (TPSA) is 106 Å². The number of aryl methyl sites for hydroxylation is 1. The molecule has 0 bridgehead atoms. The maximum Gasteiger partial charge on any atom is 0.255 e. The highest BCUT2D eigenvalue weighted by molar-refractivity contribution is 7.90. The number of carbonyl (C=O) groups is 1. The summed E-state index contributed by atoms with van der Waals surface area (Å²) in [4.78, 5) is 17.9. The zero-order valence-corrected chi connectivity index (χ0v) is 19.3. The molecule has 1 aromatic carbocycles. The van der Waals surface area contributed by atoms with Gasteiger partial charge < -0.3 is 10.6 Å². The van der Waals surface area contributed by atoms with Crippen molar-refractivity contribution in [3.8, 4) is 0 Å². The van der Waals surface area contributed by atoms with Gasteiger partial charge in [-0.15, -0.1) is 0 Å². The standard InChI is InChI=1S/C23H29N5O3S/c1-3-28-22-18(15-26-28)21(27-17-10-5-4-6-11-17)19(14-24-22)23(29)25-13-16-9-7-8-12-20(16)32(2,30)31/h7-9,12,14-15,17H,3-6,10-11,13H2,1-2H3,(H,24,27)(H,25,29). The third-order valence-corrected chi connectivity index (χ3v) is 7.17. The molecule has 2 N–H and O–H groups in total. The third-order valence-electron chi connectivity index (χ3n) is 5.98. The summed E-state index contributed by atoms with van der Waals surface area (Å²) in [7, 11) is -3.39. The molecule has 1 aliphatic rings. The van der Waals surface area contributed by atoms with Gasteiger partial charge in [-0.1, -0.05) is 37.5 Å². The minimum absolute atomic E-state index is 0.108. The molecule has 1 fully saturated rings. The maximum absolute atomic E-state index is 13.2. The van der Waals surface area contributed by atoms with E-state index in [-0.39, 0.29) is 17.3 Å². The van der Waals surface area contributed by atoms with Crippen molar-refractivity contribution in [2.45, 2.75) is 63.1 Å². The Hall–Kier alpha value is -2.94. The number of amides is 1. The van der Waals surface area contributed by atoms with Gasteiger partial charge in [-0.25, -0.2) is 18.1 Å². The second kappa shape index (κ2) is 9.28. The molecule has 1 saturated carbocycles. The second-order valence-electron chi connectivity index (χ2n) is 8.29. The first-order valence-electron chi connectivity index (χ1n) is 11.1. The van der Waals surface area contributed by atoms with Crippen LogP contribution in [-0.4, -0.2) is 41.4 Å². The Morgan fingerprint density at radius 2 is 1.91 bits per heavy atom. The average Bonchev–Trinajstić information content (AvgIpc) is 3.21. The van der Waals surface area contributed by atoms with E-state index in [0.29, 0.717) is 23.7 Å². The molecule has 2 heterocycles. The second-order valence-corrected chi connectivity index (χ2v) is 10.3. The first kappa shape index (κ1) is 22.3. The quantitative estimate of drug-likeness (QED) is 0.565. The number of hydrogen-bond acceptors (Lipinski definition) is 6. The van der Waals surface area contributed by atoms with Crippen LogP contribution in [0.1, 0.15) is 54.9 Å². The van der Waals surface area contributed by atoms with E-state index in [1.165, 1.54) is 25.5 Å². The molecule has 4 rings (SSSR count). The minimum atomic E-state index is -3.39. The van der Waals surface area contributed by atoms with E-state index in [1.54, 1.807) is 36.7 Å². The van der Waals surface area contributed by atoms with Crippen molar-refractivity contribution in [2.24, 2.45) is 0 Å². The summed E-state index contributed by atoms with van der Waals surface area (Å²) < 4.78 is 26.0. The first-order chi connectivity index (χ1) is 15.4. The Balaban J connectivity index is 1.64. The van der Waals surface area contributed by atoms with Gasteiger partial charge in [0.1, 0.15) is 0 Å². The lowest BCUT2D eigenvalue weighted by Gasteiger charge is -2.25. The number of sulfone groups is 1. The Kier molecular flexibility index (Phi) is 6.45. The molecule has 8 nitrogen and oxygen atoms in total. The molecule has 0 aliphatic heterocycles. The molecule has 0 spiro atoms. The fourth-order valence-electron chi connectivity index (χ4n) is 4.32. The Bertz CT molecular complexity index is 1230. The number of nitrogens with zero attached hydrogens (tertiary/aromatic N) is 3. The van der Waals surface area contributed by atoms with Gasteiger partial charge in [-0.3, -0.25) is 4.79 Å². The number of anilines is 1. The van der Waals surface area contributed by atoms with Gasteiger partial charge in [0.25, 0.3) is 5.91 Å². The average molecular weight is 456 g/mol. The van der Waals surface area contributed by atoms with Crippen LogP contribution >= 0.6 is 0 Å². The Morgan fingerprint density at radius 1 is 1.16 bits per heavy atom. The summed E-state index contributed by atoms with van der Waals surface area (Å²) in [5.41, 5.74) is 2.48. The van der Waals surface area contributed by atoms with E-state index in [1.807, 2.05) is 11.6 Å². The molecule has 9 heteroatoms. The minimum Gasteiger partial charge on any atom is -0.381 e. The predicted molar refractivity (Wildman–Crippen MR) is 124 cm³/mol. The molecule has 0 atom stereocenters. The number of hydrogen-bond donors (Lipinski definition) is 2. The van der Waals surface area contributed by atoms with Gasteiger partial charge in [0.15, 0.2) is 15.5 Å². The number of pyridine rings is 1. The fraction of sp³-hybridized carbons (Fsp3) is 0.435. The summed E-state index contributed by atoms with van der Waals surface area (Å²) >= 11 is 0. The van der Waals surface area contributed by atoms with Crippen molar-refractivity contribution < 1.29 is 13.2 Å². The summed E-state index contributed by atoms with van der Waals surface area (Å²) in [5.74, 6) is -0.301. The maximum atomic E-state index is 13.2. The van der Waals surface area contributed by atoms with Crippen molar-refractivity contribution in [3.63, 3.8) is 0 Å². The highest BCUT2D eigenvalue weighted by Crippen LogP contribution is 2.30. The van der Waals surface area contributed by atoms with Crippen LogP contribution in [0.5, 0.6) is 0 Å². The summed E-state index contributed by atoms with van der Waals surface area (Å²) in [5, 5.41) is 11.7. The largest absolute Gasteiger partial charge is 0.381 e. The molecule has 0 radical (unpaired) electrons. The smallest absolute Gasteiger partial charge is 0.255 e. The van der Waals surface area contributed by atoms with E-state index in [4.69, 9.17) is 0 Å². The number of rotatable bonds is 7. The van der Waals surface area contributed by atoms with Gasteiger partial charge in [0.05, 0.1) is 27.7 Å². The fourth-order valence-corrected chi connectivity index (χ4v) is 5.26. The van der Waals surface area contributed by atoms with E-state index in [9.17, 15) is 13.2 Å². The zero-order chi connectivity index (χ0) is 22.7. The van der Waals surface area contributed by atoms with E-state index in [0.717, 1.165) is 29.6 Å². The van der Waals surface area contributed by atoms with Crippen molar-refractivity contribution in [1.29, 1.82) is 0 Å². The summed E-state index contributed by atoms with van der Waals surface area (Å²) in [6.07, 6.45) is 10.2. The highest BCUT2D eigenvalue weighted by Gasteiger charge is 2.22. The van der Waals surface area contributed by atoms with Gasteiger partial charge in [-0.2, -0.15) is 5.10 Å². The zero-order valence-electron chi connectivity index (χ0n) is 18.5. The van der Waals surface area contributed by atoms with Gasteiger partial charge in [0.2, 0.25) is 0 Å². The number of carbonyl (C=O) groups excluding carboxylic acids is 1. The Labute approximate surface area is 188 Å². The molecule has 32 heavy (non-hydrogen) atoms. The number of benzene rings is 1. The first-order valence-corrected chi connectivity index (χ1v) is 12.9. The SMILES string of the molecule is CCn1ncc2c(NC3CCCCC3)c(C(=O)NCc3ccccc3S(C)(=O)=O)cnc21. The highest BCUT2D eigenvalue weighted by atomic mass is 32.2. The Morgan fingerprint density at radius 3 is 2.62 bits per heavy atom. The third kappa shape index (κ3) is 4.62. The van der Waals surface area contributed by atoms with Crippen molar-refractivity contribution >= 4 is 32.5 Å². The summed E-state index contributed by atoms with van der Waals surface area (Å²) in [6, 6.07) is 7.01. The van der Waals surface area contributed by atoms with E-state index < -0.39 is 9.84 Å².